The van der Waals surface area contributed by atoms with Gasteiger partial charge in [-0.15, -0.1) is 0 Å². The van der Waals surface area contributed by atoms with Gasteiger partial charge in [0.25, 0.3) is 0 Å². The summed E-state index contributed by atoms with van der Waals surface area (Å²) in [5.41, 5.74) is -0.413. The number of rotatable bonds is 6. The van der Waals surface area contributed by atoms with Gasteiger partial charge in [0, 0.05) is 19.5 Å². The van der Waals surface area contributed by atoms with Crippen molar-refractivity contribution in [2.75, 3.05) is 19.6 Å². The van der Waals surface area contributed by atoms with Crippen molar-refractivity contribution in [3.63, 3.8) is 0 Å². The zero-order valence-electron chi connectivity index (χ0n) is 10.5. The van der Waals surface area contributed by atoms with Crippen molar-refractivity contribution >= 4 is 11.8 Å². The molecule has 0 aromatic heterocycles. The highest BCUT2D eigenvalue weighted by atomic mass is 16.2. The third-order valence-electron chi connectivity index (χ3n) is 3.61. The number of carbonyl (C=O) groups is 2. The first-order chi connectivity index (χ1) is 7.61. The number of amides is 2. The van der Waals surface area contributed by atoms with Gasteiger partial charge in [0.05, 0.1) is 5.41 Å². The Kier molecular flexibility index (Phi) is 4.47. The molecular formula is C12H22N2O2. The Labute approximate surface area is 97.4 Å². The highest BCUT2D eigenvalue weighted by molar-refractivity contribution is 6.05. The maximum absolute atomic E-state index is 12.2. The highest BCUT2D eigenvalue weighted by Crippen LogP contribution is 2.38. The van der Waals surface area contributed by atoms with E-state index in [-0.39, 0.29) is 11.8 Å². The van der Waals surface area contributed by atoms with Crippen LogP contribution in [0.25, 0.3) is 0 Å². The van der Waals surface area contributed by atoms with Gasteiger partial charge in [-0.25, -0.2) is 0 Å². The molecule has 0 unspecified atom stereocenters. The minimum absolute atomic E-state index is 0.00777. The lowest BCUT2D eigenvalue weighted by Gasteiger charge is -2.23. The van der Waals surface area contributed by atoms with Crippen molar-refractivity contribution in [3.8, 4) is 0 Å². The van der Waals surface area contributed by atoms with Crippen LogP contribution in [-0.4, -0.2) is 36.3 Å². The van der Waals surface area contributed by atoms with Crippen LogP contribution in [-0.2, 0) is 9.59 Å². The van der Waals surface area contributed by atoms with E-state index in [1.807, 2.05) is 20.8 Å². The number of hydrogen-bond acceptors (Lipinski definition) is 3. The van der Waals surface area contributed by atoms with E-state index in [0.29, 0.717) is 19.5 Å². The summed E-state index contributed by atoms with van der Waals surface area (Å²) >= 11 is 0. The van der Waals surface area contributed by atoms with Crippen molar-refractivity contribution < 1.29 is 9.59 Å². The molecule has 0 aliphatic carbocycles. The predicted octanol–water partition coefficient (Wildman–Crippen LogP) is 1.16. The molecule has 16 heavy (non-hydrogen) atoms. The summed E-state index contributed by atoms with van der Waals surface area (Å²) in [5, 5.41) is 3.13. The van der Waals surface area contributed by atoms with Crippen LogP contribution in [0.3, 0.4) is 0 Å². The van der Waals surface area contributed by atoms with Crippen LogP contribution in [0.4, 0.5) is 0 Å². The van der Waals surface area contributed by atoms with E-state index in [1.165, 1.54) is 4.90 Å². The molecular weight excluding hydrogens is 204 g/mol. The fourth-order valence-corrected chi connectivity index (χ4v) is 2.26. The van der Waals surface area contributed by atoms with Crippen molar-refractivity contribution in [1.29, 1.82) is 0 Å². The molecule has 2 amide bonds. The van der Waals surface area contributed by atoms with Gasteiger partial charge < -0.3 is 5.32 Å². The maximum Gasteiger partial charge on any atom is 0.235 e. The summed E-state index contributed by atoms with van der Waals surface area (Å²) in [6.07, 6.45) is 1.91. The highest BCUT2D eigenvalue weighted by Gasteiger charge is 2.48. The van der Waals surface area contributed by atoms with Gasteiger partial charge in [-0.1, -0.05) is 20.8 Å². The molecule has 0 atom stereocenters. The average Bonchev–Trinajstić information content (AvgIpc) is 2.53. The van der Waals surface area contributed by atoms with E-state index in [2.05, 4.69) is 5.32 Å². The van der Waals surface area contributed by atoms with Crippen molar-refractivity contribution in [1.82, 2.24) is 10.2 Å². The molecule has 0 spiro atoms. The summed E-state index contributed by atoms with van der Waals surface area (Å²) in [6.45, 7) is 8.05. The predicted molar refractivity (Wildman–Crippen MR) is 62.9 cm³/mol. The van der Waals surface area contributed by atoms with Crippen molar-refractivity contribution in [2.45, 2.75) is 40.0 Å². The number of nitrogens with one attached hydrogen (secondary N) is 1. The Bertz CT molecular complexity index is 272. The maximum atomic E-state index is 12.2. The lowest BCUT2D eigenvalue weighted by molar-refractivity contribution is -0.141. The number of hydrogen-bond donors (Lipinski definition) is 1. The molecule has 1 aliphatic heterocycles. The van der Waals surface area contributed by atoms with Gasteiger partial charge in [0.2, 0.25) is 11.8 Å². The summed E-state index contributed by atoms with van der Waals surface area (Å²) in [4.78, 5) is 25.4. The number of likely N-dealkylation sites (N-methyl/N-ethyl adjacent to an activating group) is 1. The summed E-state index contributed by atoms with van der Waals surface area (Å²) in [6, 6.07) is 0. The standard InChI is InChI=1S/C12H22N2O2/c1-4-12(5-2)9-10(15)14(11(12)16)8-7-13-6-3/h13H,4-9H2,1-3H3. The van der Waals surface area contributed by atoms with Crippen LogP contribution in [0.5, 0.6) is 0 Å². The normalized spacial score (nSPS) is 19.6. The Morgan fingerprint density at radius 3 is 2.31 bits per heavy atom. The molecule has 0 aromatic rings. The minimum atomic E-state index is -0.413. The van der Waals surface area contributed by atoms with E-state index in [9.17, 15) is 9.59 Å². The zero-order valence-corrected chi connectivity index (χ0v) is 10.5. The molecule has 1 heterocycles. The van der Waals surface area contributed by atoms with Crippen LogP contribution < -0.4 is 5.32 Å². The molecule has 1 aliphatic rings. The number of carbonyl (C=O) groups excluding carboxylic acids is 2. The van der Waals surface area contributed by atoms with E-state index in [1.54, 1.807) is 0 Å². The summed E-state index contributed by atoms with van der Waals surface area (Å²) in [7, 11) is 0. The number of imide groups is 1. The molecule has 1 saturated heterocycles. The molecule has 1 N–H and O–H groups in total. The van der Waals surface area contributed by atoms with Gasteiger partial charge in [0.1, 0.15) is 0 Å². The molecule has 4 nitrogen and oxygen atoms in total. The van der Waals surface area contributed by atoms with Gasteiger partial charge >= 0.3 is 0 Å². The Morgan fingerprint density at radius 1 is 1.25 bits per heavy atom. The second kappa shape index (κ2) is 5.43. The molecule has 0 bridgehead atoms. The quantitative estimate of drug-likeness (QED) is 0.546. The zero-order chi connectivity index (χ0) is 12.2. The van der Waals surface area contributed by atoms with Crippen molar-refractivity contribution in [2.24, 2.45) is 5.41 Å². The van der Waals surface area contributed by atoms with E-state index in [4.69, 9.17) is 0 Å². The second-order valence-corrected chi connectivity index (χ2v) is 4.37. The molecule has 1 fully saturated rings. The van der Waals surface area contributed by atoms with Crippen molar-refractivity contribution in [3.05, 3.63) is 0 Å². The van der Waals surface area contributed by atoms with Crippen LogP contribution in [0.1, 0.15) is 40.0 Å². The van der Waals surface area contributed by atoms with E-state index >= 15 is 0 Å². The molecule has 0 saturated carbocycles. The Balaban J connectivity index is 2.67. The molecule has 1 rings (SSSR count). The number of likely N-dealkylation sites (tertiary alicyclic amines) is 1. The van der Waals surface area contributed by atoms with Gasteiger partial charge in [-0.05, 0) is 19.4 Å². The SMILES string of the molecule is CCNCCN1C(=O)CC(CC)(CC)C1=O. The lowest BCUT2D eigenvalue weighted by atomic mass is 9.81. The monoisotopic (exact) mass is 226 g/mol. The number of nitrogens with zero attached hydrogens (tertiary/aromatic N) is 1. The lowest BCUT2D eigenvalue weighted by Crippen LogP contribution is -2.39. The molecule has 4 heteroatoms. The van der Waals surface area contributed by atoms with Gasteiger partial charge in [-0.2, -0.15) is 0 Å². The minimum Gasteiger partial charge on any atom is -0.315 e. The van der Waals surface area contributed by atoms with E-state index < -0.39 is 5.41 Å². The smallest absolute Gasteiger partial charge is 0.235 e. The molecule has 92 valence electrons. The average molecular weight is 226 g/mol. The van der Waals surface area contributed by atoms with E-state index in [0.717, 1.165) is 19.4 Å². The van der Waals surface area contributed by atoms with Gasteiger partial charge in [0.15, 0.2) is 0 Å². The third-order valence-corrected chi connectivity index (χ3v) is 3.61. The summed E-state index contributed by atoms with van der Waals surface area (Å²) < 4.78 is 0. The largest absolute Gasteiger partial charge is 0.315 e. The Morgan fingerprint density at radius 2 is 1.88 bits per heavy atom. The summed E-state index contributed by atoms with van der Waals surface area (Å²) in [5.74, 6) is 0.0204. The first-order valence-electron chi connectivity index (χ1n) is 6.16. The first-order valence-corrected chi connectivity index (χ1v) is 6.16. The third kappa shape index (κ3) is 2.26. The molecule has 0 radical (unpaired) electrons. The van der Waals surface area contributed by atoms with Crippen LogP contribution in [0, 0.1) is 5.41 Å². The molecule has 0 aromatic carbocycles. The fraction of sp³-hybridized carbons (Fsp3) is 0.833. The Hall–Kier alpha value is -0.900. The van der Waals surface area contributed by atoms with Crippen LogP contribution >= 0.6 is 0 Å². The van der Waals surface area contributed by atoms with Crippen LogP contribution in [0.2, 0.25) is 0 Å². The topological polar surface area (TPSA) is 49.4 Å². The fourth-order valence-electron chi connectivity index (χ4n) is 2.26. The van der Waals surface area contributed by atoms with Gasteiger partial charge in [-0.3, -0.25) is 14.5 Å². The van der Waals surface area contributed by atoms with Crippen LogP contribution in [0.15, 0.2) is 0 Å². The first kappa shape index (κ1) is 13.2. The second-order valence-electron chi connectivity index (χ2n) is 4.37.